The molecule has 0 aliphatic carbocycles. The van der Waals surface area contributed by atoms with Crippen molar-refractivity contribution in [1.82, 2.24) is 0 Å². The van der Waals surface area contributed by atoms with Crippen molar-refractivity contribution in [3.05, 3.63) is 90.0 Å². The van der Waals surface area contributed by atoms with Crippen LogP contribution in [-0.2, 0) is 0 Å². The van der Waals surface area contributed by atoms with Crippen molar-refractivity contribution < 1.29 is 5.11 Å². The van der Waals surface area contributed by atoms with E-state index in [1.807, 2.05) is 74.5 Å². The van der Waals surface area contributed by atoms with Crippen LogP contribution in [-0.4, -0.2) is 5.11 Å². The van der Waals surface area contributed by atoms with Gasteiger partial charge in [0.05, 0.1) is 0 Å². The lowest BCUT2D eigenvalue weighted by atomic mass is 9.98. The van der Waals surface area contributed by atoms with Crippen molar-refractivity contribution in [3.63, 3.8) is 0 Å². The van der Waals surface area contributed by atoms with E-state index < -0.39 is 6.10 Å². The summed E-state index contributed by atoms with van der Waals surface area (Å²) in [7, 11) is 0. The average molecular weight is 305 g/mol. The van der Waals surface area contributed by atoms with Gasteiger partial charge in [0, 0.05) is 5.69 Å². The largest absolute Gasteiger partial charge is 0.399 e. The Morgan fingerprint density at radius 2 is 1.30 bits per heavy atom. The van der Waals surface area contributed by atoms with E-state index in [2.05, 4.69) is 12.1 Å². The predicted octanol–water partition coefficient (Wildman–Crippen LogP) is 5.04. The SMILES string of the molecule is CC.Nc1cccc(C(O)c2ccc(-c3ccccc3)cc2)c1. The molecule has 0 aliphatic rings. The summed E-state index contributed by atoms with van der Waals surface area (Å²) in [5.74, 6) is 0. The number of benzene rings is 3. The first-order valence-corrected chi connectivity index (χ1v) is 7.93. The van der Waals surface area contributed by atoms with E-state index >= 15 is 0 Å². The summed E-state index contributed by atoms with van der Waals surface area (Å²) in [4.78, 5) is 0. The van der Waals surface area contributed by atoms with Gasteiger partial charge in [-0.05, 0) is 34.4 Å². The second kappa shape index (κ2) is 8.16. The van der Waals surface area contributed by atoms with Gasteiger partial charge in [0.15, 0.2) is 0 Å². The Labute approximate surface area is 138 Å². The zero-order valence-corrected chi connectivity index (χ0v) is 13.6. The molecule has 0 aromatic heterocycles. The molecule has 0 aliphatic heterocycles. The van der Waals surface area contributed by atoms with Crippen LogP contribution >= 0.6 is 0 Å². The summed E-state index contributed by atoms with van der Waals surface area (Å²) in [5.41, 5.74) is 10.4. The Hall–Kier alpha value is -2.58. The van der Waals surface area contributed by atoms with Crippen molar-refractivity contribution in [3.8, 4) is 11.1 Å². The fourth-order valence-corrected chi connectivity index (χ4v) is 2.41. The van der Waals surface area contributed by atoms with Crippen LogP contribution in [0.5, 0.6) is 0 Å². The van der Waals surface area contributed by atoms with Crippen molar-refractivity contribution in [2.75, 3.05) is 5.73 Å². The Balaban J connectivity index is 0.000000924. The summed E-state index contributed by atoms with van der Waals surface area (Å²) in [5, 5.41) is 10.4. The minimum atomic E-state index is -0.654. The average Bonchev–Trinajstić information content (AvgIpc) is 2.64. The number of nitrogen functional groups attached to an aromatic ring is 1. The van der Waals surface area contributed by atoms with Crippen LogP contribution < -0.4 is 5.73 Å². The summed E-state index contributed by atoms with van der Waals surface area (Å²) >= 11 is 0. The molecule has 118 valence electrons. The van der Waals surface area contributed by atoms with Crippen molar-refractivity contribution in [1.29, 1.82) is 0 Å². The highest BCUT2D eigenvalue weighted by molar-refractivity contribution is 5.63. The second-order valence-corrected chi connectivity index (χ2v) is 5.06. The highest BCUT2D eigenvalue weighted by atomic mass is 16.3. The Kier molecular flexibility index (Phi) is 5.95. The third kappa shape index (κ3) is 4.21. The molecule has 0 heterocycles. The smallest absolute Gasteiger partial charge is 0.104 e. The first-order chi connectivity index (χ1) is 11.2. The van der Waals surface area contributed by atoms with Crippen LogP contribution in [0.1, 0.15) is 31.1 Å². The van der Waals surface area contributed by atoms with Crippen LogP contribution in [0, 0.1) is 0 Å². The Bertz CT molecular complexity index is 720. The van der Waals surface area contributed by atoms with Gasteiger partial charge in [-0.15, -0.1) is 0 Å². The van der Waals surface area contributed by atoms with Crippen molar-refractivity contribution >= 4 is 5.69 Å². The third-order valence-electron chi connectivity index (χ3n) is 3.56. The highest BCUT2D eigenvalue weighted by Gasteiger charge is 2.10. The molecule has 1 atom stereocenters. The predicted molar refractivity (Wildman–Crippen MR) is 98.1 cm³/mol. The van der Waals surface area contributed by atoms with E-state index in [1.54, 1.807) is 6.07 Å². The van der Waals surface area contributed by atoms with Gasteiger partial charge in [-0.25, -0.2) is 0 Å². The molecule has 1 unspecified atom stereocenters. The molecule has 0 fully saturated rings. The second-order valence-electron chi connectivity index (χ2n) is 5.06. The van der Waals surface area contributed by atoms with Gasteiger partial charge in [-0.2, -0.15) is 0 Å². The standard InChI is InChI=1S/C19H17NO.C2H6/c20-18-8-4-7-17(13-18)19(21)16-11-9-15(10-12-16)14-5-2-1-3-6-14;1-2/h1-13,19,21H,20H2;1-2H3. The topological polar surface area (TPSA) is 46.2 Å². The zero-order chi connectivity index (χ0) is 16.7. The lowest BCUT2D eigenvalue weighted by Gasteiger charge is -2.13. The Morgan fingerprint density at radius 1 is 0.696 bits per heavy atom. The van der Waals surface area contributed by atoms with Gasteiger partial charge in [0.2, 0.25) is 0 Å². The molecule has 0 saturated carbocycles. The molecular formula is C21H23NO. The van der Waals surface area contributed by atoms with E-state index in [4.69, 9.17) is 5.73 Å². The quantitative estimate of drug-likeness (QED) is 0.666. The van der Waals surface area contributed by atoms with Crippen LogP contribution in [0.3, 0.4) is 0 Å². The number of anilines is 1. The van der Waals surface area contributed by atoms with Crippen molar-refractivity contribution in [2.24, 2.45) is 0 Å². The first-order valence-electron chi connectivity index (χ1n) is 7.93. The molecule has 3 N–H and O–H groups in total. The van der Waals surface area contributed by atoms with E-state index in [-0.39, 0.29) is 0 Å². The normalized spacial score (nSPS) is 11.3. The lowest BCUT2D eigenvalue weighted by molar-refractivity contribution is 0.220. The molecule has 0 radical (unpaired) electrons. The molecule has 2 nitrogen and oxygen atoms in total. The maximum Gasteiger partial charge on any atom is 0.104 e. The number of hydrogen-bond donors (Lipinski definition) is 2. The molecule has 0 amide bonds. The number of aliphatic hydroxyl groups is 1. The lowest BCUT2D eigenvalue weighted by Crippen LogP contribution is -2.00. The number of hydrogen-bond acceptors (Lipinski definition) is 2. The van der Waals surface area contributed by atoms with Gasteiger partial charge in [-0.1, -0.05) is 80.6 Å². The molecule has 3 aromatic carbocycles. The van der Waals surface area contributed by atoms with Crippen LogP contribution in [0.25, 0.3) is 11.1 Å². The van der Waals surface area contributed by atoms with E-state index in [1.165, 1.54) is 5.56 Å². The van der Waals surface area contributed by atoms with Gasteiger partial charge < -0.3 is 10.8 Å². The monoisotopic (exact) mass is 305 g/mol. The minimum absolute atomic E-state index is 0.654. The van der Waals surface area contributed by atoms with Crippen LogP contribution in [0.15, 0.2) is 78.9 Å². The molecule has 23 heavy (non-hydrogen) atoms. The summed E-state index contributed by atoms with van der Waals surface area (Å²) in [6.45, 7) is 4.00. The number of rotatable bonds is 3. The van der Waals surface area contributed by atoms with Gasteiger partial charge in [-0.3, -0.25) is 0 Å². The molecule has 3 aromatic rings. The van der Waals surface area contributed by atoms with Gasteiger partial charge in [0.1, 0.15) is 6.10 Å². The molecule has 0 spiro atoms. The van der Waals surface area contributed by atoms with Gasteiger partial charge >= 0.3 is 0 Å². The van der Waals surface area contributed by atoms with Crippen LogP contribution in [0.4, 0.5) is 5.69 Å². The van der Waals surface area contributed by atoms with Crippen LogP contribution in [0.2, 0.25) is 0 Å². The minimum Gasteiger partial charge on any atom is -0.399 e. The molecular weight excluding hydrogens is 282 g/mol. The third-order valence-corrected chi connectivity index (χ3v) is 3.56. The summed E-state index contributed by atoms with van der Waals surface area (Å²) in [6.07, 6.45) is -0.654. The highest BCUT2D eigenvalue weighted by Crippen LogP contribution is 2.26. The summed E-state index contributed by atoms with van der Waals surface area (Å²) < 4.78 is 0. The fraction of sp³-hybridized carbons (Fsp3) is 0.143. The first kappa shape index (κ1) is 16.8. The van der Waals surface area contributed by atoms with E-state index in [9.17, 15) is 5.11 Å². The molecule has 0 saturated heterocycles. The number of aliphatic hydroxyl groups excluding tert-OH is 1. The molecule has 0 bridgehead atoms. The van der Waals surface area contributed by atoms with E-state index in [0.717, 1.165) is 16.7 Å². The molecule has 2 heteroatoms. The maximum atomic E-state index is 10.4. The zero-order valence-electron chi connectivity index (χ0n) is 13.6. The van der Waals surface area contributed by atoms with Gasteiger partial charge in [0.25, 0.3) is 0 Å². The van der Waals surface area contributed by atoms with Crippen molar-refractivity contribution in [2.45, 2.75) is 20.0 Å². The molecule has 3 rings (SSSR count). The number of nitrogens with two attached hydrogens (primary N) is 1. The Morgan fingerprint density at radius 3 is 1.91 bits per heavy atom. The fourth-order valence-electron chi connectivity index (χ4n) is 2.41. The maximum absolute atomic E-state index is 10.4. The van der Waals surface area contributed by atoms with E-state index in [0.29, 0.717) is 5.69 Å². The summed E-state index contributed by atoms with van der Waals surface area (Å²) in [6, 6.07) is 25.5.